The summed E-state index contributed by atoms with van der Waals surface area (Å²) < 4.78 is 3.25. The number of alkyl halides is 1. The summed E-state index contributed by atoms with van der Waals surface area (Å²) in [4.78, 5) is 31.4. The molecule has 0 bridgehead atoms. The van der Waals surface area contributed by atoms with Gasteiger partial charge < -0.3 is 9.67 Å². The van der Waals surface area contributed by atoms with Crippen molar-refractivity contribution < 1.29 is 5.11 Å². The molecule has 0 fully saturated rings. The fraction of sp³-hybridized carbons (Fsp3) is 0.800. The predicted octanol–water partition coefficient (Wildman–Crippen LogP) is 5.60. The highest BCUT2D eigenvalue weighted by Gasteiger charge is 2.18. The molecule has 2 N–H and O–H groups in total. The van der Waals surface area contributed by atoms with Crippen LogP contribution >= 0.6 is 23.4 Å². The summed E-state index contributed by atoms with van der Waals surface area (Å²) in [6.45, 7) is 2.92. The third-order valence-corrected chi connectivity index (χ3v) is 7.77. The van der Waals surface area contributed by atoms with Gasteiger partial charge in [-0.25, -0.2) is 9.78 Å². The van der Waals surface area contributed by atoms with E-state index in [0.717, 1.165) is 12.8 Å². The van der Waals surface area contributed by atoms with Crippen LogP contribution in [0.4, 0.5) is 0 Å². The molecule has 194 valence electrons. The Hall–Kier alpha value is -1.25. The third kappa shape index (κ3) is 9.42. The summed E-state index contributed by atoms with van der Waals surface area (Å²) in [5.41, 5.74) is -0.0988. The fourth-order valence-corrected chi connectivity index (χ4v) is 5.40. The smallest absolute Gasteiger partial charge is 0.329 e. The van der Waals surface area contributed by atoms with Crippen LogP contribution < -0.4 is 11.2 Å². The lowest BCUT2D eigenvalue weighted by Crippen LogP contribution is -2.29. The van der Waals surface area contributed by atoms with Crippen LogP contribution in [0, 0.1) is 0 Å². The Labute approximate surface area is 212 Å². The van der Waals surface area contributed by atoms with Crippen molar-refractivity contribution in [3.05, 3.63) is 20.8 Å². The van der Waals surface area contributed by atoms with Gasteiger partial charge in [-0.1, -0.05) is 102 Å². The van der Waals surface area contributed by atoms with E-state index in [0.29, 0.717) is 28.6 Å². The molecule has 2 rings (SSSR count). The van der Waals surface area contributed by atoms with Gasteiger partial charge in [0.15, 0.2) is 16.3 Å². The van der Waals surface area contributed by atoms with Crippen molar-refractivity contribution in [3.63, 3.8) is 0 Å². The van der Waals surface area contributed by atoms with E-state index in [9.17, 15) is 14.7 Å². The van der Waals surface area contributed by atoms with Crippen LogP contribution in [0.15, 0.2) is 14.7 Å². The Kier molecular flexibility index (Phi) is 14.0. The number of aromatic amines is 1. The lowest BCUT2D eigenvalue weighted by molar-refractivity contribution is 0.223. The van der Waals surface area contributed by atoms with E-state index in [1.807, 2.05) is 4.57 Å². The van der Waals surface area contributed by atoms with Gasteiger partial charge in [0.2, 0.25) is 0 Å². The molecule has 0 saturated carbocycles. The largest absolute Gasteiger partial charge is 0.391 e. The summed E-state index contributed by atoms with van der Waals surface area (Å²) in [7, 11) is 1.60. The van der Waals surface area contributed by atoms with Gasteiger partial charge in [0.05, 0.1) is 6.10 Å². The normalized spacial score (nSPS) is 12.6. The second-order valence-electron chi connectivity index (χ2n) is 9.25. The van der Waals surface area contributed by atoms with Crippen molar-refractivity contribution in [2.45, 2.75) is 115 Å². The summed E-state index contributed by atoms with van der Waals surface area (Å²) >= 11 is 7.08. The van der Waals surface area contributed by atoms with Crippen molar-refractivity contribution in [3.8, 4) is 0 Å². The number of halogens is 1. The van der Waals surface area contributed by atoms with Crippen molar-refractivity contribution in [1.82, 2.24) is 19.1 Å². The number of nitrogens with one attached hydrogen (secondary N) is 1. The average molecular weight is 515 g/mol. The molecular weight excluding hydrogens is 472 g/mol. The van der Waals surface area contributed by atoms with Gasteiger partial charge in [0, 0.05) is 25.2 Å². The highest BCUT2D eigenvalue weighted by Crippen LogP contribution is 2.23. The summed E-state index contributed by atoms with van der Waals surface area (Å²) in [6, 6.07) is 0. The molecule has 0 spiro atoms. The van der Waals surface area contributed by atoms with Gasteiger partial charge >= 0.3 is 5.69 Å². The number of aryl methyl sites for hydroxylation is 2. The van der Waals surface area contributed by atoms with E-state index in [2.05, 4.69) is 16.9 Å². The maximum atomic E-state index is 12.5. The van der Waals surface area contributed by atoms with Crippen molar-refractivity contribution >= 4 is 34.5 Å². The maximum Gasteiger partial charge on any atom is 0.329 e. The van der Waals surface area contributed by atoms with Gasteiger partial charge in [-0.05, 0) is 6.42 Å². The molecule has 0 radical (unpaired) electrons. The minimum Gasteiger partial charge on any atom is -0.391 e. The van der Waals surface area contributed by atoms with Crippen LogP contribution in [0.3, 0.4) is 0 Å². The topological polar surface area (TPSA) is 92.9 Å². The molecule has 0 aromatic carbocycles. The van der Waals surface area contributed by atoms with Crippen LogP contribution in [-0.4, -0.2) is 41.9 Å². The monoisotopic (exact) mass is 514 g/mol. The molecule has 0 aliphatic carbocycles. The number of aliphatic hydroxyl groups is 1. The quantitative estimate of drug-likeness (QED) is 0.145. The zero-order chi connectivity index (χ0) is 24.8. The summed E-state index contributed by atoms with van der Waals surface area (Å²) in [6.07, 6.45) is 17.4. The number of imidazole rings is 1. The maximum absolute atomic E-state index is 12.5. The van der Waals surface area contributed by atoms with E-state index < -0.39 is 17.4 Å². The third-order valence-electron chi connectivity index (χ3n) is 6.29. The number of H-pyrrole nitrogens is 1. The Morgan fingerprint density at radius 1 is 0.941 bits per heavy atom. The van der Waals surface area contributed by atoms with E-state index in [1.165, 1.54) is 93.4 Å². The lowest BCUT2D eigenvalue weighted by Gasteiger charge is -2.10. The van der Waals surface area contributed by atoms with E-state index in [-0.39, 0.29) is 5.88 Å². The molecule has 9 heteroatoms. The highest BCUT2D eigenvalue weighted by molar-refractivity contribution is 7.99. The average Bonchev–Trinajstić information content (AvgIpc) is 3.20. The molecule has 2 aromatic rings. The SMILES string of the molecule is CCCCCCCCCCCCCCCCn1c(SCC(O)CCl)nc2c1c(=O)[nH]c(=O)n2C. The van der Waals surface area contributed by atoms with Gasteiger partial charge in [-0.2, -0.15) is 0 Å². The molecule has 34 heavy (non-hydrogen) atoms. The van der Waals surface area contributed by atoms with E-state index >= 15 is 0 Å². The number of hydrogen-bond donors (Lipinski definition) is 2. The van der Waals surface area contributed by atoms with Crippen LogP contribution in [0.5, 0.6) is 0 Å². The first-order valence-corrected chi connectivity index (χ1v) is 14.6. The van der Waals surface area contributed by atoms with Crippen LogP contribution in [0.1, 0.15) is 96.8 Å². The van der Waals surface area contributed by atoms with Crippen LogP contribution in [0.25, 0.3) is 11.2 Å². The Morgan fingerprint density at radius 3 is 2.00 bits per heavy atom. The second-order valence-corrected chi connectivity index (χ2v) is 10.5. The first-order valence-electron chi connectivity index (χ1n) is 13.1. The number of hydrogen-bond acceptors (Lipinski definition) is 5. The van der Waals surface area contributed by atoms with Gasteiger partial charge in [0.1, 0.15) is 0 Å². The minimum atomic E-state index is -0.650. The molecule has 0 aliphatic heterocycles. The number of aliphatic hydroxyl groups excluding tert-OH is 1. The number of unbranched alkanes of at least 4 members (excludes halogenated alkanes) is 13. The standard InChI is InChI=1S/C25H43ClN4O3S/c1-3-4-5-6-7-8-9-10-11-12-13-14-15-16-17-30-21-22(29(2)24(33)28-23(21)32)27-25(30)34-19-20(31)18-26/h20,31H,3-19H2,1-2H3,(H,28,32,33). The van der Waals surface area contributed by atoms with Gasteiger partial charge in [-0.15, -0.1) is 11.6 Å². The second kappa shape index (κ2) is 16.4. The van der Waals surface area contributed by atoms with Crippen LogP contribution in [-0.2, 0) is 13.6 Å². The zero-order valence-corrected chi connectivity index (χ0v) is 22.6. The van der Waals surface area contributed by atoms with Gasteiger partial charge in [-0.3, -0.25) is 14.3 Å². The Bertz CT molecular complexity index is 956. The molecule has 0 saturated heterocycles. The van der Waals surface area contributed by atoms with E-state index in [1.54, 1.807) is 7.05 Å². The Morgan fingerprint density at radius 2 is 1.47 bits per heavy atom. The molecule has 1 atom stereocenters. The molecule has 0 amide bonds. The number of nitrogens with zero attached hydrogens (tertiary/aromatic N) is 3. The zero-order valence-electron chi connectivity index (χ0n) is 21.0. The molecule has 2 aromatic heterocycles. The van der Waals surface area contributed by atoms with Crippen molar-refractivity contribution in [2.75, 3.05) is 11.6 Å². The summed E-state index contributed by atoms with van der Waals surface area (Å²) in [5.74, 6) is 0.530. The number of rotatable bonds is 19. The minimum absolute atomic E-state index is 0.144. The Balaban J connectivity index is 1.76. The molecule has 2 heterocycles. The molecule has 0 aliphatic rings. The predicted molar refractivity (Wildman–Crippen MR) is 143 cm³/mol. The number of aromatic nitrogens is 4. The van der Waals surface area contributed by atoms with E-state index in [4.69, 9.17) is 11.6 Å². The van der Waals surface area contributed by atoms with Crippen molar-refractivity contribution in [2.24, 2.45) is 7.05 Å². The first kappa shape index (κ1) is 29.0. The van der Waals surface area contributed by atoms with Crippen molar-refractivity contribution in [1.29, 1.82) is 0 Å². The number of fused-ring (bicyclic) bond motifs is 1. The molecular formula is C25H43ClN4O3S. The lowest BCUT2D eigenvalue weighted by atomic mass is 10.0. The molecule has 1 unspecified atom stereocenters. The number of thioether (sulfide) groups is 1. The first-order chi connectivity index (χ1) is 16.5. The molecule has 7 nitrogen and oxygen atoms in total. The fourth-order valence-electron chi connectivity index (χ4n) is 4.21. The van der Waals surface area contributed by atoms with Gasteiger partial charge in [0.25, 0.3) is 5.56 Å². The van der Waals surface area contributed by atoms with Crippen LogP contribution in [0.2, 0.25) is 0 Å². The summed E-state index contributed by atoms with van der Waals surface area (Å²) in [5, 5.41) is 10.5. The highest BCUT2D eigenvalue weighted by atomic mass is 35.5.